The zero-order chi connectivity index (χ0) is 21.3. The molecule has 0 radical (unpaired) electrons. The average molecular weight is 390 g/mol. The van der Waals surface area contributed by atoms with Gasteiger partial charge in [-0.05, 0) is 34.6 Å². The van der Waals surface area contributed by atoms with Gasteiger partial charge in [0.1, 0.15) is 5.60 Å². The second kappa shape index (κ2) is 10.5. The standard InChI is InChI=1S/C19H31N7O2/c1-13(9-21-14(2)10-22-18(27)28-19(4,5)6)15(3)24-17(20-7)25-16-11-23-26(8)12-16/h9-14H,1-8H3,(H,20,25). The van der Waals surface area contributed by atoms with E-state index in [2.05, 4.69) is 30.4 Å². The maximum absolute atomic E-state index is 11.6. The lowest BCUT2D eigenvalue weighted by Gasteiger charge is -2.17. The number of guanidine groups is 1. The molecule has 0 aliphatic heterocycles. The number of hydrogen-bond donors (Lipinski definition) is 1. The molecule has 0 bridgehead atoms. The summed E-state index contributed by atoms with van der Waals surface area (Å²) in [7, 11) is 3.51. The van der Waals surface area contributed by atoms with E-state index in [4.69, 9.17) is 4.74 Å². The molecule has 2 atom stereocenters. The molecule has 1 aromatic rings. The second-order valence-corrected chi connectivity index (χ2v) is 7.41. The SMILES string of the molecule is CN=C(N=C(C)C(C)C=NC(C)C=NC(=O)OC(C)(C)C)Nc1cnn(C)c1. The lowest BCUT2D eigenvalue weighted by Crippen LogP contribution is -2.22. The number of amides is 1. The first-order valence-corrected chi connectivity index (χ1v) is 9.08. The van der Waals surface area contributed by atoms with Crippen LogP contribution in [-0.2, 0) is 11.8 Å². The fourth-order valence-electron chi connectivity index (χ4n) is 1.89. The van der Waals surface area contributed by atoms with Crippen LogP contribution in [0.1, 0.15) is 41.5 Å². The van der Waals surface area contributed by atoms with Crippen molar-refractivity contribution in [2.45, 2.75) is 53.2 Å². The van der Waals surface area contributed by atoms with Crippen molar-refractivity contribution >= 4 is 35.9 Å². The molecule has 9 heteroatoms. The van der Waals surface area contributed by atoms with E-state index in [0.717, 1.165) is 11.4 Å². The Bertz CT molecular complexity index is 769. The quantitative estimate of drug-likeness (QED) is 0.615. The van der Waals surface area contributed by atoms with Crippen molar-refractivity contribution < 1.29 is 9.53 Å². The van der Waals surface area contributed by atoms with Crippen LogP contribution in [0, 0.1) is 5.92 Å². The van der Waals surface area contributed by atoms with Gasteiger partial charge in [0.05, 0.1) is 17.9 Å². The Morgan fingerprint density at radius 1 is 1.32 bits per heavy atom. The molecule has 154 valence electrons. The number of aromatic nitrogens is 2. The second-order valence-electron chi connectivity index (χ2n) is 7.41. The zero-order valence-corrected chi connectivity index (χ0v) is 18.0. The van der Waals surface area contributed by atoms with Gasteiger partial charge in [0, 0.05) is 44.4 Å². The topological polar surface area (TPSA) is 106 Å². The fourth-order valence-corrected chi connectivity index (χ4v) is 1.89. The maximum Gasteiger partial charge on any atom is 0.433 e. The van der Waals surface area contributed by atoms with Crippen LogP contribution in [0.4, 0.5) is 10.5 Å². The molecule has 0 aliphatic rings. The molecule has 0 spiro atoms. The number of nitrogens with zero attached hydrogens (tertiary/aromatic N) is 6. The number of ether oxygens (including phenoxy) is 1. The number of carbonyl (C=O) groups is 1. The number of hydrogen-bond acceptors (Lipinski definition) is 5. The van der Waals surface area contributed by atoms with Crippen LogP contribution in [0.25, 0.3) is 0 Å². The largest absolute Gasteiger partial charge is 0.442 e. The van der Waals surface area contributed by atoms with Crippen molar-refractivity contribution in [3.05, 3.63) is 12.4 Å². The molecule has 9 nitrogen and oxygen atoms in total. The first kappa shape index (κ1) is 23.2. The number of rotatable bonds is 5. The van der Waals surface area contributed by atoms with Crippen molar-refractivity contribution in [1.82, 2.24) is 9.78 Å². The molecular weight excluding hydrogens is 358 g/mol. The lowest BCUT2D eigenvalue weighted by atomic mass is 10.1. The third-order valence-electron chi connectivity index (χ3n) is 3.45. The maximum atomic E-state index is 11.6. The number of aryl methyl sites for hydroxylation is 1. The van der Waals surface area contributed by atoms with Gasteiger partial charge in [-0.3, -0.25) is 14.7 Å². The number of nitrogens with one attached hydrogen (secondary N) is 1. The summed E-state index contributed by atoms with van der Waals surface area (Å²) in [6.07, 6.45) is 6.17. The highest BCUT2D eigenvalue weighted by molar-refractivity contribution is 6.07. The summed E-state index contributed by atoms with van der Waals surface area (Å²) in [6.45, 7) is 11.1. The Kier molecular flexibility index (Phi) is 8.69. The van der Waals surface area contributed by atoms with Gasteiger partial charge in [-0.2, -0.15) is 10.1 Å². The van der Waals surface area contributed by atoms with E-state index < -0.39 is 11.7 Å². The van der Waals surface area contributed by atoms with E-state index in [1.807, 2.05) is 34.0 Å². The molecule has 2 unspecified atom stereocenters. The number of carbonyl (C=O) groups excluding carboxylic acids is 1. The van der Waals surface area contributed by atoms with Crippen LogP contribution in [0.5, 0.6) is 0 Å². The monoisotopic (exact) mass is 389 g/mol. The average Bonchev–Trinajstić information content (AvgIpc) is 3.00. The Labute approximate surface area is 166 Å². The fraction of sp³-hybridized carbons (Fsp3) is 0.579. The van der Waals surface area contributed by atoms with Gasteiger partial charge in [0.2, 0.25) is 5.96 Å². The Hall–Kier alpha value is -2.84. The summed E-state index contributed by atoms with van der Waals surface area (Å²) >= 11 is 0. The summed E-state index contributed by atoms with van der Waals surface area (Å²) in [5.74, 6) is 0.482. The van der Waals surface area contributed by atoms with Crippen LogP contribution in [0.2, 0.25) is 0 Å². The van der Waals surface area contributed by atoms with Crippen molar-refractivity contribution in [2.24, 2.45) is 32.9 Å². The van der Waals surface area contributed by atoms with Crippen molar-refractivity contribution in [3.63, 3.8) is 0 Å². The van der Waals surface area contributed by atoms with Gasteiger partial charge in [0.15, 0.2) is 0 Å². The predicted octanol–water partition coefficient (Wildman–Crippen LogP) is 3.38. The smallest absolute Gasteiger partial charge is 0.433 e. The third kappa shape index (κ3) is 9.20. The normalized spacial score (nSPS) is 15.9. The molecule has 0 saturated carbocycles. The number of anilines is 1. The van der Waals surface area contributed by atoms with E-state index in [-0.39, 0.29) is 12.0 Å². The van der Waals surface area contributed by atoms with E-state index in [1.165, 1.54) is 6.21 Å². The van der Waals surface area contributed by atoms with Crippen molar-refractivity contribution in [1.29, 1.82) is 0 Å². The van der Waals surface area contributed by atoms with E-state index in [1.54, 1.807) is 44.9 Å². The first-order valence-electron chi connectivity index (χ1n) is 9.08. The molecule has 0 aromatic carbocycles. The van der Waals surface area contributed by atoms with Crippen LogP contribution in [0.15, 0.2) is 32.4 Å². The molecule has 1 amide bonds. The lowest BCUT2D eigenvalue weighted by molar-refractivity contribution is 0.0604. The summed E-state index contributed by atoms with van der Waals surface area (Å²) in [4.78, 5) is 28.4. The van der Waals surface area contributed by atoms with Crippen LogP contribution < -0.4 is 5.32 Å². The van der Waals surface area contributed by atoms with Gasteiger partial charge in [-0.1, -0.05) is 6.92 Å². The molecule has 1 aromatic heterocycles. The molecule has 1 rings (SSSR count). The van der Waals surface area contributed by atoms with Crippen molar-refractivity contribution in [2.75, 3.05) is 12.4 Å². The van der Waals surface area contributed by atoms with Gasteiger partial charge in [-0.15, -0.1) is 0 Å². The molecule has 0 fully saturated rings. The zero-order valence-electron chi connectivity index (χ0n) is 18.0. The molecule has 1 N–H and O–H groups in total. The van der Waals surface area contributed by atoms with Gasteiger partial charge in [-0.25, -0.2) is 9.79 Å². The third-order valence-corrected chi connectivity index (χ3v) is 3.45. The highest BCUT2D eigenvalue weighted by atomic mass is 16.6. The first-order chi connectivity index (χ1) is 13.0. The molecular formula is C19H31N7O2. The minimum absolute atomic E-state index is 0.00942. The number of aliphatic imine (C=N–C) groups is 4. The van der Waals surface area contributed by atoms with E-state index in [9.17, 15) is 4.79 Å². The van der Waals surface area contributed by atoms with Gasteiger partial charge >= 0.3 is 6.09 Å². The van der Waals surface area contributed by atoms with Crippen LogP contribution in [-0.4, -0.2) is 58.7 Å². The Balaban J connectivity index is 2.64. The highest BCUT2D eigenvalue weighted by Crippen LogP contribution is 2.08. The van der Waals surface area contributed by atoms with E-state index in [0.29, 0.717) is 5.96 Å². The van der Waals surface area contributed by atoms with E-state index >= 15 is 0 Å². The molecule has 0 aliphatic carbocycles. The molecule has 0 saturated heterocycles. The highest BCUT2D eigenvalue weighted by Gasteiger charge is 2.15. The minimum Gasteiger partial charge on any atom is -0.442 e. The summed E-state index contributed by atoms with van der Waals surface area (Å²) in [6, 6.07) is -0.254. The Morgan fingerprint density at radius 3 is 2.54 bits per heavy atom. The Morgan fingerprint density at radius 2 is 2.00 bits per heavy atom. The minimum atomic E-state index is -0.620. The molecule has 1 heterocycles. The molecule has 28 heavy (non-hydrogen) atoms. The van der Waals surface area contributed by atoms with Crippen LogP contribution >= 0.6 is 0 Å². The summed E-state index contributed by atoms with van der Waals surface area (Å²) in [5, 5.41) is 7.21. The van der Waals surface area contributed by atoms with Crippen molar-refractivity contribution in [3.8, 4) is 0 Å². The van der Waals surface area contributed by atoms with Gasteiger partial charge in [0.25, 0.3) is 0 Å². The van der Waals surface area contributed by atoms with Gasteiger partial charge < -0.3 is 10.1 Å². The summed E-state index contributed by atoms with van der Waals surface area (Å²) in [5.41, 5.74) is 1.09. The van der Waals surface area contributed by atoms with Crippen LogP contribution in [0.3, 0.4) is 0 Å². The summed E-state index contributed by atoms with van der Waals surface area (Å²) < 4.78 is 6.82. The predicted molar refractivity (Wildman–Crippen MR) is 115 cm³/mol.